The summed E-state index contributed by atoms with van der Waals surface area (Å²) >= 11 is 0. The first kappa shape index (κ1) is 12.4. The summed E-state index contributed by atoms with van der Waals surface area (Å²) in [6, 6.07) is -0.419. The lowest BCUT2D eigenvalue weighted by Crippen LogP contribution is -2.54. The van der Waals surface area contributed by atoms with E-state index in [2.05, 4.69) is 5.43 Å². The van der Waals surface area contributed by atoms with Crippen LogP contribution in [-0.4, -0.2) is 43.3 Å². The van der Waals surface area contributed by atoms with E-state index in [1.54, 1.807) is 0 Å². The largest absolute Gasteiger partial charge is 0.379 e. The minimum atomic E-state index is -0.419. The molecular formula is C10H21N3O2. The van der Waals surface area contributed by atoms with Gasteiger partial charge in [-0.3, -0.25) is 10.2 Å². The third-order valence-electron chi connectivity index (χ3n) is 2.84. The summed E-state index contributed by atoms with van der Waals surface area (Å²) in [7, 11) is 0. The Kier molecular flexibility index (Phi) is 5.01. The molecule has 88 valence electrons. The third-order valence-corrected chi connectivity index (χ3v) is 2.84. The molecule has 1 amide bonds. The number of nitrogens with one attached hydrogen (secondary N) is 1. The predicted molar refractivity (Wildman–Crippen MR) is 58.0 cm³/mol. The number of hydrogen-bond donors (Lipinski definition) is 2. The molecule has 0 aliphatic carbocycles. The maximum atomic E-state index is 11.7. The fraction of sp³-hybridized carbons (Fsp3) is 0.900. The number of hydrazine groups is 1. The van der Waals surface area contributed by atoms with Gasteiger partial charge in [0, 0.05) is 13.1 Å². The first-order valence-electron chi connectivity index (χ1n) is 5.54. The van der Waals surface area contributed by atoms with Crippen LogP contribution in [-0.2, 0) is 9.53 Å². The molecule has 0 aromatic carbocycles. The maximum Gasteiger partial charge on any atom is 0.251 e. The molecular weight excluding hydrogens is 194 g/mol. The fourth-order valence-electron chi connectivity index (χ4n) is 1.42. The zero-order valence-electron chi connectivity index (χ0n) is 9.53. The standard InChI is InChI=1S/C10H21N3O2/c1-3-8(2)9(11)10(14)12-13-4-6-15-7-5-13/h8-9H,3-7,11H2,1-2H3,(H,12,14)/t8-,9+/m0/s1. The van der Waals surface area contributed by atoms with Crippen LogP contribution < -0.4 is 11.2 Å². The monoisotopic (exact) mass is 215 g/mol. The molecule has 5 heteroatoms. The Morgan fingerprint density at radius 3 is 2.67 bits per heavy atom. The lowest BCUT2D eigenvalue weighted by Gasteiger charge is -2.29. The minimum Gasteiger partial charge on any atom is -0.379 e. The van der Waals surface area contributed by atoms with Gasteiger partial charge in [0.15, 0.2) is 0 Å². The highest BCUT2D eigenvalue weighted by molar-refractivity contribution is 5.81. The first-order valence-corrected chi connectivity index (χ1v) is 5.54. The van der Waals surface area contributed by atoms with Crippen molar-refractivity contribution < 1.29 is 9.53 Å². The summed E-state index contributed by atoms with van der Waals surface area (Å²) in [5.74, 6) is 0.122. The molecule has 0 radical (unpaired) electrons. The topological polar surface area (TPSA) is 67.6 Å². The molecule has 1 fully saturated rings. The van der Waals surface area contributed by atoms with Gasteiger partial charge >= 0.3 is 0 Å². The van der Waals surface area contributed by atoms with E-state index in [4.69, 9.17) is 10.5 Å². The molecule has 15 heavy (non-hydrogen) atoms. The van der Waals surface area contributed by atoms with Gasteiger partial charge in [-0.25, -0.2) is 5.01 Å². The number of carbonyl (C=O) groups excluding carboxylic acids is 1. The van der Waals surface area contributed by atoms with Gasteiger partial charge in [-0.1, -0.05) is 20.3 Å². The highest BCUT2D eigenvalue weighted by Gasteiger charge is 2.21. The second-order valence-electron chi connectivity index (χ2n) is 3.99. The van der Waals surface area contributed by atoms with Crippen molar-refractivity contribution in [1.82, 2.24) is 10.4 Å². The molecule has 0 saturated carbocycles. The van der Waals surface area contributed by atoms with Gasteiger partial charge in [-0.05, 0) is 5.92 Å². The molecule has 0 aromatic rings. The van der Waals surface area contributed by atoms with Crippen LogP contribution in [0.25, 0.3) is 0 Å². The SMILES string of the molecule is CC[C@H](C)[C@@H](N)C(=O)NN1CCOCC1. The van der Waals surface area contributed by atoms with E-state index < -0.39 is 6.04 Å². The van der Waals surface area contributed by atoms with Gasteiger partial charge in [0.2, 0.25) is 0 Å². The second kappa shape index (κ2) is 6.05. The van der Waals surface area contributed by atoms with Crippen LogP contribution in [0, 0.1) is 5.92 Å². The summed E-state index contributed by atoms with van der Waals surface area (Å²) in [4.78, 5) is 11.7. The highest BCUT2D eigenvalue weighted by Crippen LogP contribution is 2.05. The van der Waals surface area contributed by atoms with Crippen LogP contribution >= 0.6 is 0 Å². The van der Waals surface area contributed by atoms with Crippen molar-refractivity contribution in [2.24, 2.45) is 11.7 Å². The van der Waals surface area contributed by atoms with Crippen LogP contribution in [0.3, 0.4) is 0 Å². The smallest absolute Gasteiger partial charge is 0.251 e. The molecule has 1 heterocycles. The van der Waals surface area contributed by atoms with Crippen molar-refractivity contribution >= 4 is 5.91 Å². The van der Waals surface area contributed by atoms with E-state index in [-0.39, 0.29) is 11.8 Å². The van der Waals surface area contributed by atoms with E-state index in [1.807, 2.05) is 18.9 Å². The van der Waals surface area contributed by atoms with Crippen LogP contribution in [0.4, 0.5) is 0 Å². The zero-order valence-corrected chi connectivity index (χ0v) is 9.53. The van der Waals surface area contributed by atoms with Crippen LogP contribution in [0.5, 0.6) is 0 Å². The van der Waals surface area contributed by atoms with E-state index >= 15 is 0 Å². The molecule has 2 atom stereocenters. The van der Waals surface area contributed by atoms with Gasteiger partial charge in [-0.2, -0.15) is 0 Å². The normalized spacial score (nSPS) is 22.1. The lowest BCUT2D eigenvalue weighted by molar-refractivity contribution is -0.130. The van der Waals surface area contributed by atoms with Crippen molar-refractivity contribution in [1.29, 1.82) is 0 Å². The summed E-state index contributed by atoms with van der Waals surface area (Å²) in [6.45, 7) is 6.83. The number of nitrogens with zero attached hydrogens (tertiary/aromatic N) is 1. The van der Waals surface area contributed by atoms with E-state index in [9.17, 15) is 4.79 Å². The Balaban J connectivity index is 2.33. The van der Waals surface area contributed by atoms with Gasteiger partial charge in [0.25, 0.3) is 5.91 Å². The van der Waals surface area contributed by atoms with Gasteiger partial charge in [-0.15, -0.1) is 0 Å². The average Bonchev–Trinajstić information content (AvgIpc) is 2.28. The lowest BCUT2D eigenvalue weighted by atomic mass is 10.00. The molecule has 0 unspecified atom stereocenters. The van der Waals surface area contributed by atoms with Crippen molar-refractivity contribution in [3.63, 3.8) is 0 Å². The van der Waals surface area contributed by atoms with Crippen LogP contribution in [0.1, 0.15) is 20.3 Å². The number of rotatable bonds is 4. The zero-order chi connectivity index (χ0) is 11.3. The maximum absolute atomic E-state index is 11.7. The van der Waals surface area contributed by atoms with Crippen LogP contribution in [0.15, 0.2) is 0 Å². The van der Waals surface area contributed by atoms with Crippen molar-refractivity contribution in [3.05, 3.63) is 0 Å². The Labute approximate surface area is 90.9 Å². The number of morpholine rings is 1. The van der Waals surface area contributed by atoms with Crippen molar-refractivity contribution in [2.75, 3.05) is 26.3 Å². The molecule has 1 aliphatic rings. The minimum absolute atomic E-state index is 0.0914. The summed E-state index contributed by atoms with van der Waals surface area (Å²) in [6.07, 6.45) is 0.914. The van der Waals surface area contributed by atoms with Gasteiger partial charge in [0.1, 0.15) is 0 Å². The summed E-state index contributed by atoms with van der Waals surface area (Å²) in [5.41, 5.74) is 8.64. The molecule has 0 aromatic heterocycles. The van der Waals surface area contributed by atoms with E-state index in [0.29, 0.717) is 13.2 Å². The van der Waals surface area contributed by atoms with E-state index in [1.165, 1.54) is 0 Å². The second-order valence-corrected chi connectivity index (χ2v) is 3.99. The molecule has 1 saturated heterocycles. The number of hydrogen-bond acceptors (Lipinski definition) is 4. The molecule has 0 bridgehead atoms. The van der Waals surface area contributed by atoms with Crippen molar-refractivity contribution in [2.45, 2.75) is 26.3 Å². The molecule has 1 aliphatic heterocycles. The number of nitrogens with two attached hydrogens (primary N) is 1. The van der Waals surface area contributed by atoms with E-state index in [0.717, 1.165) is 19.5 Å². The Morgan fingerprint density at radius 1 is 1.53 bits per heavy atom. The summed E-state index contributed by atoms with van der Waals surface area (Å²) < 4.78 is 5.19. The van der Waals surface area contributed by atoms with Gasteiger partial charge < -0.3 is 10.5 Å². The average molecular weight is 215 g/mol. The Hall–Kier alpha value is -0.650. The molecule has 1 rings (SSSR count). The molecule has 3 N–H and O–H groups in total. The summed E-state index contributed by atoms with van der Waals surface area (Å²) in [5, 5.41) is 1.87. The van der Waals surface area contributed by atoms with Crippen molar-refractivity contribution in [3.8, 4) is 0 Å². The number of carbonyl (C=O) groups is 1. The quantitative estimate of drug-likeness (QED) is 0.677. The Morgan fingerprint density at radius 2 is 2.13 bits per heavy atom. The van der Waals surface area contributed by atoms with Crippen LogP contribution in [0.2, 0.25) is 0 Å². The number of amides is 1. The third kappa shape index (κ3) is 3.77. The van der Waals surface area contributed by atoms with Gasteiger partial charge in [0.05, 0.1) is 19.3 Å². The first-order chi connectivity index (χ1) is 7.15. The molecule has 0 spiro atoms. The highest BCUT2D eigenvalue weighted by atomic mass is 16.5. The number of ether oxygens (including phenoxy) is 1. The molecule has 5 nitrogen and oxygen atoms in total. The Bertz CT molecular complexity index is 205. The predicted octanol–water partition coefficient (Wildman–Crippen LogP) is -0.277. The fourth-order valence-corrected chi connectivity index (χ4v) is 1.42.